The summed E-state index contributed by atoms with van der Waals surface area (Å²) in [6.07, 6.45) is 2.74. The predicted octanol–water partition coefficient (Wildman–Crippen LogP) is 2.86. The summed E-state index contributed by atoms with van der Waals surface area (Å²) >= 11 is 0. The highest BCUT2D eigenvalue weighted by Crippen LogP contribution is 2.31. The molecule has 1 aliphatic carbocycles. The molecule has 3 nitrogen and oxygen atoms in total. The fourth-order valence-electron chi connectivity index (χ4n) is 1.60. The average Bonchev–Trinajstić information content (AvgIpc) is 3.02. The maximum absolute atomic E-state index is 5.86. The first-order valence-corrected chi connectivity index (χ1v) is 6.16. The first-order valence-electron chi connectivity index (χ1n) is 6.16. The van der Waals surface area contributed by atoms with E-state index in [1.165, 1.54) is 0 Å². The molecule has 0 aliphatic heterocycles. The van der Waals surface area contributed by atoms with Gasteiger partial charge in [0.1, 0.15) is 17.1 Å². The van der Waals surface area contributed by atoms with Crippen molar-refractivity contribution >= 4 is 0 Å². The van der Waals surface area contributed by atoms with Crippen molar-refractivity contribution in [3.05, 3.63) is 23.8 Å². The Kier molecular flexibility index (Phi) is 3.29. The molecule has 0 amide bonds. The monoisotopic (exact) mass is 235 g/mol. The van der Waals surface area contributed by atoms with Crippen LogP contribution in [0, 0.1) is 0 Å². The Labute approximate surface area is 103 Å². The third kappa shape index (κ3) is 3.63. The third-order valence-corrected chi connectivity index (χ3v) is 2.50. The highest BCUT2D eigenvalue weighted by Gasteiger charge is 2.24. The maximum Gasteiger partial charge on any atom is 0.124 e. The first kappa shape index (κ1) is 12.2. The SMILES string of the molecule is CC(C)(C)Oc1ccc(OC2CC2)cc1CN. The van der Waals surface area contributed by atoms with Crippen LogP contribution in [-0.2, 0) is 6.54 Å². The summed E-state index contributed by atoms with van der Waals surface area (Å²) in [6.45, 7) is 6.55. The van der Waals surface area contributed by atoms with Crippen LogP contribution in [0.3, 0.4) is 0 Å². The van der Waals surface area contributed by atoms with E-state index >= 15 is 0 Å². The Morgan fingerprint density at radius 2 is 2.00 bits per heavy atom. The molecule has 0 heterocycles. The highest BCUT2D eigenvalue weighted by atomic mass is 16.5. The minimum Gasteiger partial charge on any atom is -0.490 e. The molecule has 17 heavy (non-hydrogen) atoms. The largest absolute Gasteiger partial charge is 0.490 e. The normalized spacial score (nSPS) is 15.8. The van der Waals surface area contributed by atoms with Crippen molar-refractivity contribution < 1.29 is 9.47 Å². The molecular formula is C14H21NO2. The van der Waals surface area contributed by atoms with Crippen LogP contribution in [0.25, 0.3) is 0 Å². The second-order valence-corrected chi connectivity index (χ2v) is 5.51. The summed E-state index contributed by atoms with van der Waals surface area (Å²) in [5, 5.41) is 0. The molecule has 1 fully saturated rings. The van der Waals surface area contributed by atoms with E-state index in [-0.39, 0.29) is 5.60 Å². The molecule has 94 valence electrons. The lowest BCUT2D eigenvalue weighted by atomic mass is 10.1. The number of ether oxygens (including phenoxy) is 2. The third-order valence-electron chi connectivity index (χ3n) is 2.50. The van der Waals surface area contributed by atoms with Crippen LogP contribution >= 0.6 is 0 Å². The first-order chi connectivity index (χ1) is 7.98. The Bertz CT molecular complexity index is 392. The van der Waals surface area contributed by atoms with Gasteiger partial charge in [-0.25, -0.2) is 0 Å². The summed E-state index contributed by atoms with van der Waals surface area (Å²) in [7, 11) is 0. The summed E-state index contributed by atoms with van der Waals surface area (Å²) in [5.41, 5.74) is 6.54. The van der Waals surface area contributed by atoms with Gasteiger partial charge in [-0.05, 0) is 51.8 Å². The molecule has 1 aromatic carbocycles. The summed E-state index contributed by atoms with van der Waals surface area (Å²) in [4.78, 5) is 0. The molecule has 0 radical (unpaired) electrons. The van der Waals surface area contributed by atoms with E-state index in [0.29, 0.717) is 12.6 Å². The highest BCUT2D eigenvalue weighted by molar-refractivity contribution is 5.40. The Morgan fingerprint density at radius 3 is 2.53 bits per heavy atom. The van der Waals surface area contributed by atoms with Crippen molar-refractivity contribution in [3.63, 3.8) is 0 Å². The number of benzene rings is 1. The van der Waals surface area contributed by atoms with Crippen LogP contribution in [0.5, 0.6) is 11.5 Å². The van der Waals surface area contributed by atoms with Crippen LogP contribution in [0.15, 0.2) is 18.2 Å². The van der Waals surface area contributed by atoms with Gasteiger partial charge in [0.15, 0.2) is 0 Å². The van der Waals surface area contributed by atoms with Crippen LogP contribution in [0.2, 0.25) is 0 Å². The molecule has 1 aliphatic rings. The molecule has 0 saturated heterocycles. The fourth-order valence-corrected chi connectivity index (χ4v) is 1.60. The van der Waals surface area contributed by atoms with Crippen molar-refractivity contribution in [2.45, 2.75) is 51.9 Å². The van der Waals surface area contributed by atoms with Crippen LogP contribution in [-0.4, -0.2) is 11.7 Å². The van der Waals surface area contributed by atoms with Gasteiger partial charge >= 0.3 is 0 Å². The topological polar surface area (TPSA) is 44.5 Å². The second kappa shape index (κ2) is 4.57. The van der Waals surface area contributed by atoms with Gasteiger partial charge in [0, 0.05) is 12.1 Å². The Morgan fingerprint density at radius 1 is 1.29 bits per heavy atom. The van der Waals surface area contributed by atoms with Gasteiger partial charge in [0.05, 0.1) is 6.10 Å². The lowest BCUT2D eigenvalue weighted by Gasteiger charge is -2.23. The van der Waals surface area contributed by atoms with Crippen molar-refractivity contribution in [3.8, 4) is 11.5 Å². The van der Waals surface area contributed by atoms with Gasteiger partial charge in [-0.2, -0.15) is 0 Å². The van der Waals surface area contributed by atoms with Crippen LogP contribution < -0.4 is 15.2 Å². The van der Waals surface area contributed by atoms with Gasteiger partial charge in [-0.3, -0.25) is 0 Å². The Balaban J connectivity index is 2.15. The van der Waals surface area contributed by atoms with E-state index in [9.17, 15) is 0 Å². The predicted molar refractivity (Wildman–Crippen MR) is 68.4 cm³/mol. The molecule has 0 spiro atoms. The van der Waals surface area contributed by atoms with Crippen LogP contribution in [0.4, 0.5) is 0 Å². The van der Waals surface area contributed by atoms with E-state index < -0.39 is 0 Å². The zero-order chi connectivity index (χ0) is 12.5. The number of hydrogen-bond donors (Lipinski definition) is 1. The quantitative estimate of drug-likeness (QED) is 0.872. The smallest absolute Gasteiger partial charge is 0.124 e. The molecule has 0 atom stereocenters. The van der Waals surface area contributed by atoms with Crippen LogP contribution in [0.1, 0.15) is 39.2 Å². The molecule has 1 saturated carbocycles. The van der Waals surface area contributed by atoms with Crippen molar-refractivity contribution in [2.75, 3.05) is 0 Å². The standard InChI is InChI=1S/C14H21NO2/c1-14(2,3)17-13-7-6-12(8-10(13)9-15)16-11-4-5-11/h6-8,11H,4-5,9,15H2,1-3H3. The molecule has 0 aromatic heterocycles. The summed E-state index contributed by atoms with van der Waals surface area (Å²) in [6, 6.07) is 5.89. The molecule has 0 bridgehead atoms. The van der Waals surface area contributed by atoms with Gasteiger partial charge in [0.2, 0.25) is 0 Å². The zero-order valence-corrected chi connectivity index (χ0v) is 10.8. The molecule has 2 N–H and O–H groups in total. The molecule has 1 aromatic rings. The average molecular weight is 235 g/mol. The lowest BCUT2D eigenvalue weighted by Crippen LogP contribution is -2.24. The minimum atomic E-state index is -0.206. The zero-order valence-electron chi connectivity index (χ0n) is 10.8. The summed E-state index contributed by atoms with van der Waals surface area (Å²) in [5.74, 6) is 1.75. The van der Waals surface area contributed by atoms with E-state index in [0.717, 1.165) is 29.9 Å². The molecule has 3 heteroatoms. The fraction of sp³-hybridized carbons (Fsp3) is 0.571. The Hall–Kier alpha value is -1.22. The van der Waals surface area contributed by atoms with Gasteiger partial charge in [-0.15, -0.1) is 0 Å². The van der Waals surface area contributed by atoms with Gasteiger partial charge in [-0.1, -0.05) is 0 Å². The van der Waals surface area contributed by atoms with E-state index in [4.69, 9.17) is 15.2 Å². The molecular weight excluding hydrogens is 214 g/mol. The lowest BCUT2D eigenvalue weighted by molar-refractivity contribution is 0.129. The molecule has 2 rings (SSSR count). The number of rotatable bonds is 4. The van der Waals surface area contributed by atoms with Crippen molar-refractivity contribution in [1.82, 2.24) is 0 Å². The number of nitrogens with two attached hydrogens (primary N) is 1. The molecule has 0 unspecified atom stereocenters. The van der Waals surface area contributed by atoms with Gasteiger partial charge in [0.25, 0.3) is 0 Å². The van der Waals surface area contributed by atoms with E-state index in [1.54, 1.807) is 0 Å². The van der Waals surface area contributed by atoms with Crippen molar-refractivity contribution in [2.24, 2.45) is 5.73 Å². The van der Waals surface area contributed by atoms with Crippen molar-refractivity contribution in [1.29, 1.82) is 0 Å². The summed E-state index contributed by atoms with van der Waals surface area (Å²) < 4.78 is 11.6. The number of hydrogen-bond acceptors (Lipinski definition) is 3. The van der Waals surface area contributed by atoms with E-state index in [1.807, 2.05) is 39.0 Å². The maximum atomic E-state index is 5.86. The second-order valence-electron chi connectivity index (χ2n) is 5.51. The van der Waals surface area contributed by atoms with E-state index in [2.05, 4.69) is 0 Å². The minimum absolute atomic E-state index is 0.206. The van der Waals surface area contributed by atoms with Gasteiger partial charge < -0.3 is 15.2 Å².